The lowest BCUT2D eigenvalue weighted by Crippen LogP contribution is -2.39. The van der Waals surface area contributed by atoms with Crippen LogP contribution in [0.5, 0.6) is 17.2 Å². The first-order valence-electron chi connectivity index (χ1n) is 9.59. The molecular formula is C22H30N2O4. The first-order valence-corrected chi connectivity index (χ1v) is 9.59. The number of carbonyl (C=O) groups excluding carboxylic acids is 1. The van der Waals surface area contributed by atoms with Crippen LogP contribution < -0.4 is 24.8 Å². The molecule has 0 fully saturated rings. The Morgan fingerprint density at radius 1 is 0.964 bits per heavy atom. The van der Waals surface area contributed by atoms with Gasteiger partial charge in [0, 0.05) is 6.04 Å². The molecule has 0 aliphatic carbocycles. The number of hydrogen-bond acceptors (Lipinski definition) is 5. The lowest BCUT2D eigenvalue weighted by molar-refractivity contribution is -0.117. The van der Waals surface area contributed by atoms with E-state index in [-0.39, 0.29) is 11.9 Å². The summed E-state index contributed by atoms with van der Waals surface area (Å²) in [5, 5.41) is 6.23. The first kappa shape index (κ1) is 21.6. The summed E-state index contributed by atoms with van der Waals surface area (Å²) < 4.78 is 16.6. The van der Waals surface area contributed by atoms with Gasteiger partial charge in [-0.05, 0) is 57.5 Å². The molecule has 0 radical (unpaired) electrons. The van der Waals surface area contributed by atoms with Crippen LogP contribution in [-0.4, -0.2) is 32.3 Å². The number of nitrogens with one attached hydrogen (secondary N) is 2. The van der Waals surface area contributed by atoms with Crippen LogP contribution >= 0.6 is 0 Å². The molecule has 0 saturated heterocycles. The van der Waals surface area contributed by atoms with E-state index in [1.165, 1.54) is 0 Å². The molecule has 6 nitrogen and oxygen atoms in total. The molecule has 2 rings (SSSR count). The maximum absolute atomic E-state index is 12.6. The van der Waals surface area contributed by atoms with Gasteiger partial charge in [-0.2, -0.15) is 0 Å². The van der Waals surface area contributed by atoms with Crippen molar-refractivity contribution in [1.29, 1.82) is 0 Å². The second kappa shape index (κ2) is 10.6. The molecule has 2 aromatic rings. The SMILES string of the molecule is CCOc1ccc([C@@H](C)N[C@H](C)C(=O)Nc2ccccc2OC)cc1OCC. The van der Waals surface area contributed by atoms with Crippen LogP contribution in [0.15, 0.2) is 42.5 Å². The van der Waals surface area contributed by atoms with Crippen molar-refractivity contribution in [3.05, 3.63) is 48.0 Å². The van der Waals surface area contributed by atoms with Crippen molar-refractivity contribution < 1.29 is 19.0 Å². The molecule has 0 aromatic heterocycles. The third-order valence-corrected chi connectivity index (χ3v) is 4.33. The molecule has 1 amide bonds. The van der Waals surface area contributed by atoms with Crippen LogP contribution in [0, 0.1) is 0 Å². The molecule has 0 aliphatic heterocycles. The average molecular weight is 386 g/mol. The summed E-state index contributed by atoms with van der Waals surface area (Å²) in [6.45, 7) is 8.86. The van der Waals surface area contributed by atoms with E-state index in [0.717, 1.165) is 11.3 Å². The molecule has 152 valence electrons. The molecular weight excluding hydrogens is 356 g/mol. The summed E-state index contributed by atoms with van der Waals surface area (Å²) in [7, 11) is 1.58. The third-order valence-electron chi connectivity index (χ3n) is 4.33. The van der Waals surface area contributed by atoms with E-state index in [4.69, 9.17) is 14.2 Å². The van der Waals surface area contributed by atoms with Gasteiger partial charge >= 0.3 is 0 Å². The van der Waals surface area contributed by atoms with E-state index in [1.807, 2.05) is 70.2 Å². The average Bonchev–Trinajstić information content (AvgIpc) is 2.69. The number of ether oxygens (including phenoxy) is 3. The predicted molar refractivity (Wildman–Crippen MR) is 111 cm³/mol. The van der Waals surface area contributed by atoms with Gasteiger partial charge in [0.15, 0.2) is 11.5 Å². The molecule has 2 aromatic carbocycles. The Morgan fingerprint density at radius 2 is 1.64 bits per heavy atom. The van der Waals surface area contributed by atoms with Crippen LogP contribution in [0.2, 0.25) is 0 Å². The fraction of sp³-hybridized carbons (Fsp3) is 0.409. The Labute approximate surface area is 167 Å². The summed E-state index contributed by atoms with van der Waals surface area (Å²) in [5.41, 5.74) is 1.67. The molecule has 0 unspecified atom stereocenters. The molecule has 0 saturated carbocycles. The van der Waals surface area contributed by atoms with E-state index >= 15 is 0 Å². The number of anilines is 1. The second-order valence-electron chi connectivity index (χ2n) is 6.37. The van der Waals surface area contributed by atoms with E-state index in [2.05, 4.69) is 10.6 Å². The van der Waals surface area contributed by atoms with Gasteiger partial charge in [0.1, 0.15) is 5.75 Å². The monoisotopic (exact) mass is 386 g/mol. The second-order valence-corrected chi connectivity index (χ2v) is 6.37. The van der Waals surface area contributed by atoms with Crippen LogP contribution in [-0.2, 0) is 4.79 Å². The van der Waals surface area contributed by atoms with Crippen molar-refractivity contribution in [2.75, 3.05) is 25.6 Å². The highest BCUT2D eigenvalue weighted by Gasteiger charge is 2.19. The minimum atomic E-state index is -0.401. The van der Waals surface area contributed by atoms with Gasteiger partial charge in [0.05, 0.1) is 32.1 Å². The van der Waals surface area contributed by atoms with Crippen molar-refractivity contribution in [2.45, 2.75) is 39.8 Å². The summed E-state index contributed by atoms with van der Waals surface area (Å²) in [4.78, 5) is 12.6. The highest BCUT2D eigenvalue weighted by atomic mass is 16.5. The minimum absolute atomic E-state index is 0.0479. The van der Waals surface area contributed by atoms with Crippen molar-refractivity contribution in [3.8, 4) is 17.2 Å². The molecule has 2 N–H and O–H groups in total. The van der Waals surface area contributed by atoms with Crippen LogP contribution in [0.4, 0.5) is 5.69 Å². The smallest absolute Gasteiger partial charge is 0.241 e. The highest BCUT2D eigenvalue weighted by molar-refractivity contribution is 5.95. The number of methoxy groups -OCH3 is 1. The standard InChI is InChI=1S/C22H30N2O4/c1-6-27-20-13-12-17(14-21(20)28-7-2)15(3)23-16(4)22(25)24-18-10-8-9-11-19(18)26-5/h8-16,23H,6-7H2,1-5H3,(H,24,25)/t15-,16-/m1/s1. The van der Waals surface area contributed by atoms with Crippen LogP contribution in [0.1, 0.15) is 39.3 Å². The quantitative estimate of drug-likeness (QED) is 0.641. The Kier molecular flexibility index (Phi) is 8.14. The lowest BCUT2D eigenvalue weighted by Gasteiger charge is -2.21. The summed E-state index contributed by atoms with van der Waals surface area (Å²) >= 11 is 0. The molecule has 0 aliphatic rings. The van der Waals surface area contributed by atoms with Gasteiger partial charge < -0.3 is 19.5 Å². The maximum Gasteiger partial charge on any atom is 0.241 e. The van der Waals surface area contributed by atoms with Crippen LogP contribution in [0.3, 0.4) is 0 Å². The Morgan fingerprint density at radius 3 is 2.32 bits per heavy atom. The summed E-state index contributed by atoms with van der Waals surface area (Å²) in [6.07, 6.45) is 0. The van der Waals surface area contributed by atoms with Crippen molar-refractivity contribution in [3.63, 3.8) is 0 Å². The fourth-order valence-electron chi connectivity index (χ4n) is 2.87. The Hall–Kier alpha value is -2.73. The number of para-hydroxylation sites is 2. The number of hydrogen-bond donors (Lipinski definition) is 2. The fourth-order valence-corrected chi connectivity index (χ4v) is 2.87. The maximum atomic E-state index is 12.6. The molecule has 6 heteroatoms. The van der Waals surface area contributed by atoms with Crippen molar-refractivity contribution in [2.24, 2.45) is 0 Å². The molecule has 2 atom stereocenters. The normalized spacial score (nSPS) is 12.8. The molecule has 28 heavy (non-hydrogen) atoms. The molecule has 0 heterocycles. The van der Waals surface area contributed by atoms with Gasteiger partial charge in [-0.15, -0.1) is 0 Å². The van der Waals surface area contributed by atoms with Gasteiger partial charge in [-0.25, -0.2) is 0 Å². The zero-order chi connectivity index (χ0) is 20.5. The van der Waals surface area contributed by atoms with Crippen molar-refractivity contribution in [1.82, 2.24) is 5.32 Å². The topological polar surface area (TPSA) is 68.8 Å². The summed E-state index contributed by atoms with van der Waals surface area (Å²) in [6, 6.07) is 12.7. The number of benzene rings is 2. The zero-order valence-corrected chi connectivity index (χ0v) is 17.2. The Bertz CT molecular complexity index is 779. The Balaban J connectivity index is 2.05. The summed E-state index contributed by atoms with van der Waals surface area (Å²) in [5.74, 6) is 1.93. The highest BCUT2D eigenvalue weighted by Crippen LogP contribution is 2.31. The number of carbonyl (C=O) groups is 1. The van der Waals surface area contributed by atoms with Crippen LogP contribution in [0.25, 0.3) is 0 Å². The van der Waals surface area contributed by atoms with E-state index in [1.54, 1.807) is 7.11 Å². The van der Waals surface area contributed by atoms with Gasteiger partial charge in [0.2, 0.25) is 5.91 Å². The van der Waals surface area contributed by atoms with Gasteiger partial charge in [-0.1, -0.05) is 18.2 Å². The largest absolute Gasteiger partial charge is 0.495 e. The number of rotatable bonds is 10. The predicted octanol–water partition coefficient (Wildman–Crippen LogP) is 4.17. The minimum Gasteiger partial charge on any atom is -0.495 e. The molecule has 0 spiro atoms. The lowest BCUT2D eigenvalue weighted by atomic mass is 10.1. The van der Waals surface area contributed by atoms with Gasteiger partial charge in [-0.3, -0.25) is 10.1 Å². The van der Waals surface area contributed by atoms with Gasteiger partial charge in [0.25, 0.3) is 0 Å². The van der Waals surface area contributed by atoms with E-state index in [9.17, 15) is 4.79 Å². The van der Waals surface area contributed by atoms with Crippen molar-refractivity contribution >= 4 is 11.6 Å². The zero-order valence-electron chi connectivity index (χ0n) is 17.2. The third kappa shape index (κ3) is 5.63. The first-order chi connectivity index (χ1) is 13.5. The number of amides is 1. The van der Waals surface area contributed by atoms with E-state index in [0.29, 0.717) is 30.4 Å². The molecule has 0 bridgehead atoms. The van der Waals surface area contributed by atoms with E-state index < -0.39 is 6.04 Å².